The van der Waals surface area contributed by atoms with E-state index < -0.39 is 17.7 Å². The molecule has 5 heteroatoms. The van der Waals surface area contributed by atoms with Crippen molar-refractivity contribution in [3.63, 3.8) is 0 Å². The Morgan fingerprint density at radius 3 is 2.29 bits per heavy atom. The van der Waals surface area contributed by atoms with Gasteiger partial charge >= 0.3 is 12.1 Å². The third kappa shape index (κ3) is 2.10. The first-order valence-electron chi connectivity index (χ1n) is 5.92. The molecule has 2 aliphatic heterocycles. The van der Waals surface area contributed by atoms with Gasteiger partial charge in [-0.05, 0) is 39.5 Å². The van der Waals surface area contributed by atoms with Gasteiger partial charge in [0.05, 0.1) is 7.11 Å². The maximum absolute atomic E-state index is 12.0. The maximum Gasteiger partial charge on any atom is 0.411 e. The van der Waals surface area contributed by atoms with Crippen molar-refractivity contribution in [3.8, 4) is 0 Å². The average molecular weight is 241 g/mol. The summed E-state index contributed by atoms with van der Waals surface area (Å²) in [5.74, 6) is -0.0826. The van der Waals surface area contributed by atoms with Crippen molar-refractivity contribution in [2.75, 3.05) is 7.11 Å². The number of carbonyl (C=O) groups is 2. The van der Waals surface area contributed by atoms with Crippen LogP contribution in [0.15, 0.2) is 0 Å². The van der Waals surface area contributed by atoms with Gasteiger partial charge in [-0.3, -0.25) is 4.90 Å². The topological polar surface area (TPSA) is 55.8 Å². The number of amides is 1. The summed E-state index contributed by atoms with van der Waals surface area (Å²) in [6.45, 7) is 5.45. The van der Waals surface area contributed by atoms with Gasteiger partial charge in [0.1, 0.15) is 11.6 Å². The van der Waals surface area contributed by atoms with Crippen LogP contribution in [0.5, 0.6) is 0 Å². The highest BCUT2D eigenvalue weighted by molar-refractivity contribution is 5.83. The number of hydrogen-bond acceptors (Lipinski definition) is 4. The van der Waals surface area contributed by atoms with Crippen LogP contribution < -0.4 is 0 Å². The molecule has 0 aromatic heterocycles. The highest BCUT2D eigenvalue weighted by Gasteiger charge is 2.57. The molecule has 17 heavy (non-hydrogen) atoms. The second-order valence-corrected chi connectivity index (χ2v) is 5.74. The van der Waals surface area contributed by atoms with Gasteiger partial charge in [-0.1, -0.05) is 0 Å². The first-order valence-corrected chi connectivity index (χ1v) is 5.92. The van der Waals surface area contributed by atoms with Crippen molar-refractivity contribution >= 4 is 12.1 Å². The van der Waals surface area contributed by atoms with Crippen molar-refractivity contribution in [1.29, 1.82) is 0 Å². The van der Waals surface area contributed by atoms with Crippen LogP contribution in [-0.4, -0.2) is 41.8 Å². The van der Waals surface area contributed by atoms with Gasteiger partial charge in [0.25, 0.3) is 0 Å². The number of esters is 1. The predicted molar refractivity (Wildman–Crippen MR) is 60.4 cm³/mol. The van der Waals surface area contributed by atoms with E-state index in [-0.39, 0.29) is 17.9 Å². The number of fused-ring (bicyclic) bond motifs is 1. The SMILES string of the molecule is COC(=O)[C@@H]1C2CC(C2)N1C(=O)OC(C)(C)C. The van der Waals surface area contributed by atoms with Gasteiger partial charge in [0, 0.05) is 6.04 Å². The van der Waals surface area contributed by atoms with Crippen LogP contribution in [0.2, 0.25) is 0 Å². The second kappa shape index (κ2) is 3.89. The van der Waals surface area contributed by atoms with E-state index in [2.05, 4.69) is 0 Å². The molecule has 2 saturated heterocycles. The number of ether oxygens (including phenoxy) is 2. The Labute approximate surface area is 101 Å². The lowest BCUT2D eigenvalue weighted by Gasteiger charge is -2.29. The molecule has 3 rings (SSSR count). The lowest BCUT2D eigenvalue weighted by molar-refractivity contribution is -0.146. The van der Waals surface area contributed by atoms with E-state index in [1.165, 1.54) is 7.11 Å². The molecule has 3 aliphatic rings. The molecule has 5 nitrogen and oxygen atoms in total. The lowest BCUT2D eigenvalue weighted by Crippen LogP contribution is -2.44. The zero-order chi connectivity index (χ0) is 12.8. The van der Waals surface area contributed by atoms with Crippen LogP contribution in [0.25, 0.3) is 0 Å². The second-order valence-electron chi connectivity index (χ2n) is 5.74. The fraction of sp³-hybridized carbons (Fsp3) is 0.833. The van der Waals surface area contributed by atoms with Crippen LogP contribution in [0, 0.1) is 5.92 Å². The Morgan fingerprint density at radius 1 is 1.24 bits per heavy atom. The summed E-state index contributed by atoms with van der Waals surface area (Å²) < 4.78 is 10.1. The van der Waals surface area contributed by atoms with Crippen molar-refractivity contribution < 1.29 is 19.1 Å². The molecule has 1 aliphatic carbocycles. The largest absolute Gasteiger partial charge is 0.467 e. The van der Waals surface area contributed by atoms with Crippen LogP contribution in [0.1, 0.15) is 33.6 Å². The molecule has 0 spiro atoms. The molecule has 2 bridgehead atoms. The van der Waals surface area contributed by atoms with E-state index in [1.54, 1.807) is 4.90 Å². The Hall–Kier alpha value is -1.26. The summed E-state index contributed by atoms with van der Waals surface area (Å²) >= 11 is 0. The average Bonchev–Trinajstić information content (AvgIpc) is 2.66. The summed E-state index contributed by atoms with van der Waals surface area (Å²) in [5.41, 5.74) is -0.537. The van der Waals surface area contributed by atoms with Crippen molar-refractivity contribution in [2.24, 2.45) is 5.92 Å². The minimum Gasteiger partial charge on any atom is -0.467 e. The van der Waals surface area contributed by atoms with E-state index >= 15 is 0 Å². The van der Waals surface area contributed by atoms with Crippen LogP contribution in [-0.2, 0) is 14.3 Å². The third-order valence-electron chi connectivity index (χ3n) is 3.34. The van der Waals surface area contributed by atoms with Crippen LogP contribution in [0.3, 0.4) is 0 Å². The van der Waals surface area contributed by atoms with E-state index in [0.717, 1.165) is 12.8 Å². The quantitative estimate of drug-likeness (QED) is 0.654. The number of methoxy groups -OCH3 is 1. The fourth-order valence-corrected chi connectivity index (χ4v) is 2.57. The highest BCUT2D eigenvalue weighted by Crippen LogP contribution is 2.46. The van der Waals surface area contributed by atoms with Crippen molar-refractivity contribution in [3.05, 3.63) is 0 Å². The zero-order valence-electron chi connectivity index (χ0n) is 10.7. The summed E-state index contributed by atoms with van der Waals surface area (Å²) in [6, 6.07) is -0.293. The van der Waals surface area contributed by atoms with E-state index in [9.17, 15) is 9.59 Å². The van der Waals surface area contributed by atoms with Gasteiger partial charge in [-0.15, -0.1) is 0 Å². The molecule has 1 amide bonds. The van der Waals surface area contributed by atoms with E-state index in [0.29, 0.717) is 0 Å². The molecule has 1 saturated carbocycles. The first-order chi connectivity index (χ1) is 7.83. The van der Waals surface area contributed by atoms with Crippen molar-refractivity contribution in [2.45, 2.75) is 51.3 Å². The predicted octanol–water partition coefficient (Wildman–Crippen LogP) is 1.56. The number of hydrogen-bond donors (Lipinski definition) is 0. The third-order valence-corrected chi connectivity index (χ3v) is 3.34. The zero-order valence-corrected chi connectivity index (χ0v) is 10.7. The minimum atomic E-state index is -0.537. The van der Waals surface area contributed by atoms with Gasteiger partial charge in [0.15, 0.2) is 0 Å². The fourth-order valence-electron chi connectivity index (χ4n) is 2.57. The standard InChI is InChI=1S/C12H19NO4/c1-12(2,3)17-11(15)13-8-5-7(6-8)9(13)10(14)16-4/h7-9H,5-6H2,1-4H3/t7?,8?,9-/m0/s1. The highest BCUT2D eigenvalue weighted by atomic mass is 16.6. The molecular formula is C12H19NO4. The molecule has 3 fully saturated rings. The van der Waals surface area contributed by atoms with E-state index in [4.69, 9.17) is 9.47 Å². The molecule has 1 atom stereocenters. The van der Waals surface area contributed by atoms with Crippen LogP contribution >= 0.6 is 0 Å². The molecule has 0 N–H and O–H groups in total. The Balaban J connectivity index is 2.09. The number of nitrogens with zero attached hydrogens (tertiary/aromatic N) is 1. The maximum atomic E-state index is 12.0. The van der Waals surface area contributed by atoms with Gasteiger partial charge in [-0.25, -0.2) is 9.59 Å². The Morgan fingerprint density at radius 2 is 1.82 bits per heavy atom. The normalized spacial score (nSPS) is 30.8. The van der Waals surface area contributed by atoms with Gasteiger partial charge in [0.2, 0.25) is 0 Å². The van der Waals surface area contributed by atoms with Gasteiger partial charge in [-0.2, -0.15) is 0 Å². The summed E-state index contributed by atoms with van der Waals surface area (Å²) in [6.07, 6.45) is 1.37. The summed E-state index contributed by atoms with van der Waals surface area (Å²) in [4.78, 5) is 25.2. The number of carbonyl (C=O) groups excluding carboxylic acids is 2. The van der Waals surface area contributed by atoms with Crippen LogP contribution in [0.4, 0.5) is 4.79 Å². The summed E-state index contributed by atoms with van der Waals surface area (Å²) in [5, 5.41) is 0. The Kier molecular flexibility index (Phi) is 2.79. The first kappa shape index (κ1) is 12.2. The molecule has 0 aromatic rings. The van der Waals surface area contributed by atoms with E-state index in [1.807, 2.05) is 20.8 Å². The molecule has 96 valence electrons. The smallest absolute Gasteiger partial charge is 0.411 e. The molecule has 2 heterocycles. The molecule has 0 aromatic carbocycles. The number of rotatable bonds is 1. The Bertz CT molecular complexity index is 341. The molecular weight excluding hydrogens is 222 g/mol. The lowest BCUT2D eigenvalue weighted by atomic mass is 9.83. The van der Waals surface area contributed by atoms with Crippen molar-refractivity contribution in [1.82, 2.24) is 4.90 Å². The van der Waals surface area contributed by atoms with Gasteiger partial charge < -0.3 is 9.47 Å². The summed E-state index contributed by atoms with van der Waals surface area (Å²) in [7, 11) is 1.35. The molecule has 0 unspecified atom stereocenters. The monoisotopic (exact) mass is 241 g/mol. The minimum absolute atomic E-state index is 0.152. The molecule has 0 radical (unpaired) electrons.